The molecule has 1 amide bonds. The fourth-order valence-corrected chi connectivity index (χ4v) is 2.43. The molecule has 0 saturated heterocycles. The first-order valence-electron chi connectivity index (χ1n) is 7.16. The molecule has 3 rings (SSSR count). The Balaban J connectivity index is 1.58. The maximum Gasteiger partial charge on any atom is 0.229 e. The molecule has 0 saturated carbocycles. The number of benzene rings is 1. The number of rotatable bonds is 5. The lowest BCUT2D eigenvalue weighted by Crippen LogP contribution is -2.15. The van der Waals surface area contributed by atoms with Gasteiger partial charge in [0.2, 0.25) is 5.91 Å². The molecular formula is C17H15BrN4O. The van der Waals surface area contributed by atoms with Gasteiger partial charge in [0.25, 0.3) is 0 Å². The van der Waals surface area contributed by atoms with Gasteiger partial charge in [-0.3, -0.25) is 14.5 Å². The highest BCUT2D eigenvalue weighted by Gasteiger charge is 2.06. The summed E-state index contributed by atoms with van der Waals surface area (Å²) in [5, 5.41) is 7.17. The van der Waals surface area contributed by atoms with Crippen LogP contribution < -0.4 is 5.32 Å². The largest absolute Gasteiger partial charge is 0.309 e. The average molecular weight is 371 g/mol. The van der Waals surface area contributed by atoms with Crippen LogP contribution in [0.25, 0.3) is 0 Å². The normalized spacial score (nSPS) is 10.5. The predicted molar refractivity (Wildman–Crippen MR) is 92.0 cm³/mol. The molecule has 0 atom stereocenters. The van der Waals surface area contributed by atoms with E-state index in [-0.39, 0.29) is 5.91 Å². The Labute approximate surface area is 142 Å². The second-order valence-electron chi connectivity index (χ2n) is 5.11. The third-order valence-electron chi connectivity index (χ3n) is 3.28. The molecular weight excluding hydrogens is 356 g/mol. The zero-order valence-electron chi connectivity index (χ0n) is 12.3. The van der Waals surface area contributed by atoms with Gasteiger partial charge in [0, 0.05) is 29.1 Å². The molecule has 0 aliphatic rings. The Morgan fingerprint density at radius 2 is 1.78 bits per heavy atom. The highest BCUT2D eigenvalue weighted by Crippen LogP contribution is 2.12. The third kappa shape index (κ3) is 4.50. The summed E-state index contributed by atoms with van der Waals surface area (Å²) in [6.07, 6.45) is 5.67. The summed E-state index contributed by atoms with van der Waals surface area (Å²) in [4.78, 5) is 16.0. The lowest BCUT2D eigenvalue weighted by molar-refractivity contribution is -0.115. The number of hydrogen-bond donors (Lipinski definition) is 1. The van der Waals surface area contributed by atoms with Crippen LogP contribution in [0.2, 0.25) is 0 Å². The Bertz CT molecular complexity index is 784. The number of pyridine rings is 1. The number of carbonyl (C=O) groups excluding carboxylic acids is 1. The lowest BCUT2D eigenvalue weighted by atomic mass is 10.1. The number of carbonyl (C=O) groups is 1. The van der Waals surface area contributed by atoms with Gasteiger partial charge in [-0.2, -0.15) is 5.10 Å². The Morgan fingerprint density at radius 3 is 2.52 bits per heavy atom. The lowest BCUT2D eigenvalue weighted by Gasteiger charge is -2.03. The number of anilines is 1. The summed E-state index contributed by atoms with van der Waals surface area (Å²) in [7, 11) is 0. The highest BCUT2D eigenvalue weighted by molar-refractivity contribution is 9.10. The van der Waals surface area contributed by atoms with Crippen molar-refractivity contribution < 1.29 is 4.79 Å². The summed E-state index contributed by atoms with van der Waals surface area (Å²) in [5.74, 6) is 0.475. The highest BCUT2D eigenvalue weighted by atomic mass is 79.9. The van der Waals surface area contributed by atoms with Crippen LogP contribution in [-0.4, -0.2) is 20.7 Å². The van der Waals surface area contributed by atoms with Crippen molar-refractivity contribution in [2.45, 2.75) is 13.0 Å². The first kappa shape index (κ1) is 15.4. The molecule has 2 heterocycles. The van der Waals surface area contributed by atoms with Gasteiger partial charge in [-0.25, -0.2) is 0 Å². The van der Waals surface area contributed by atoms with Crippen molar-refractivity contribution in [1.82, 2.24) is 14.8 Å². The van der Waals surface area contributed by atoms with Crippen LogP contribution in [0.1, 0.15) is 11.1 Å². The van der Waals surface area contributed by atoms with Gasteiger partial charge < -0.3 is 5.32 Å². The minimum absolute atomic E-state index is 0.0820. The summed E-state index contributed by atoms with van der Waals surface area (Å²) >= 11 is 3.38. The molecule has 23 heavy (non-hydrogen) atoms. The SMILES string of the molecule is O=C(Cc1ccc(Br)cc1)Nc1ccn(Cc2ccncc2)n1. The van der Waals surface area contributed by atoms with E-state index in [0.29, 0.717) is 18.8 Å². The number of amides is 1. The molecule has 0 aliphatic carbocycles. The topological polar surface area (TPSA) is 59.8 Å². The van der Waals surface area contributed by atoms with E-state index >= 15 is 0 Å². The third-order valence-corrected chi connectivity index (χ3v) is 3.81. The Kier molecular flexibility index (Phi) is 4.83. The number of hydrogen-bond acceptors (Lipinski definition) is 3. The van der Waals surface area contributed by atoms with Crippen molar-refractivity contribution in [2.24, 2.45) is 0 Å². The molecule has 1 aromatic carbocycles. The van der Waals surface area contributed by atoms with Crippen molar-refractivity contribution in [2.75, 3.05) is 5.32 Å². The van der Waals surface area contributed by atoms with E-state index in [4.69, 9.17) is 0 Å². The number of nitrogens with zero attached hydrogens (tertiary/aromatic N) is 3. The summed E-state index contributed by atoms with van der Waals surface area (Å²) in [6.45, 7) is 0.644. The standard InChI is InChI=1S/C17H15BrN4O/c18-15-3-1-13(2-4-15)11-17(23)20-16-7-10-22(21-16)12-14-5-8-19-9-6-14/h1-10H,11-12H2,(H,20,21,23). The van der Waals surface area contributed by atoms with Crippen molar-refractivity contribution in [1.29, 1.82) is 0 Å². The molecule has 116 valence electrons. The number of nitrogens with one attached hydrogen (secondary N) is 1. The average Bonchev–Trinajstić information content (AvgIpc) is 2.97. The van der Waals surface area contributed by atoms with Gasteiger partial charge in [-0.1, -0.05) is 28.1 Å². The van der Waals surface area contributed by atoms with Crippen LogP contribution in [0.4, 0.5) is 5.82 Å². The van der Waals surface area contributed by atoms with Crippen molar-refractivity contribution >= 4 is 27.7 Å². The summed E-state index contributed by atoms with van der Waals surface area (Å²) in [5.41, 5.74) is 2.07. The molecule has 2 aromatic heterocycles. The van der Waals surface area contributed by atoms with Crippen LogP contribution in [0.15, 0.2) is 65.5 Å². The van der Waals surface area contributed by atoms with E-state index in [1.54, 1.807) is 23.1 Å². The first-order valence-corrected chi connectivity index (χ1v) is 7.95. The van der Waals surface area contributed by atoms with Gasteiger partial charge >= 0.3 is 0 Å². The van der Waals surface area contributed by atoms with Crippen LogP contribution in [0.5, 0.6) is 0 Å². The van der Waals surface area contributed by atoms with E-state index in [1.807, 2.05) is 42.6 Å². The van der Waals surface area contributed by atoms with E-state index < -0.39 is 0 Å². The molecule has 0 aliphatic heterocycles. The van der Waals surface area contributed by atoms with Crippen LogP contribution in [0.3, 0.4) is 0 Å². The molecule has 1 N–H and O–H groups in total. The molecule has 0 spiro atoms. The van der Waals surface area contributed by atoms with E-state index in [1.165, 1.54) is 0 Å². The monoisotopic (exact) mass is 370 g/mol. The second-order valence-corrected chi connectivity index (χ2v) is 6.02. The summed E-state index contributed by atoms with van der Waals surface area (Å²) in [6, 6.07) is 13.4. The van der Waals surface area contributed by atoms with Crippen LogP contribution >= 0.6 is 15.9 Å². The predicted octanol–water partition coefficient (Wildman–Crippen LogP) is 3.27. The van der Waals surface area contributed by atoms with Gasteiger partial charge in [0.15, 0.2) is 5.82 Å². The van der Waals surface area contributed by atoms with E-state index in [9.17, 15) is 4.79 Å². The number of aromatic nitrogens is 3. The van der Waals surface area contributed by atoms with Gasteiger partial charge in [0.1, 0.15) is 0 Å². The smallest absolute Gasteiger partial charge is 0.229 e. The van der Waals surface area contributed by atoms with Crippen LogP contribution in [-0.2, 0) is 17.8 Å². The zero-order chi connectivity index (χ0) is 16.1. The van der Waals surface area contributed by atoms with E-state index in [0.717, 1.165) is 15.6 Å². The maximum atomic E-state index is 12.1. The first-order chi connectivity index (χ1) is 11.2. The fourth-order valence-electron chi connectivity index (χ4n) is 2.17. The summed E-state index contributed by atoms with van der Waals surface area (Å²) < 4.78 is 2.78. The minimum Gasteiger partial charge on any atom is -0.309 e. The minimum atomic E-state index is -0.0820. The zero-order valence-corrected chi connectivity index (χ0v) is 13.9. The van der Waals surface area contributed by atoms with Gasteiger partial charge in [-0.15, -0.1) is 0 Å². The Morgan fingerprint density at radius 1 is 1.04 bits per heavy atom. The molecule has 0 bridgehead atoms. The maximum absolute atomic E-state index is 12.1. The molecule has 0 radical (unpaired) electrons. The van der Waals surface area contributed by atoms with Crippen LogP contribution in [0, 0.1) is 0 Å². The van der Waals surface area contributed by atoms with Gasteiger partial charge in [0.05, 0.1) is 13.0 Å². The van der Waals surface area contributed by atoms with E-state index in [2.05, 4.69) is 31.3 Å². The quantitative estimate of drug-likeness (QED) is 0.749. The molecule has 5 nitrogen and oxygen atoms in total. The molecule has 0 fully saturated rings. The van der Waals surface area contributed by atoms with Crippen molar-refractivity contribution in [3.8, 4) is 0 Å². The molecule has 6 heteroatoms. The number of halogens is 1. The molecule has 3 aromatic rings. The fraction of sp³-hybridized carbons (Fsp3) is 0.118. The molecule has 0 unspecified atom stereocenters. The van der Waals surface area contributed by atoms with Crippen molar-refractivity contribution in [3.63, 3.8) is 0 Å². The van der Waals surface area contributed by atoms with Crippen molar-refractivity contribution in [3.05, 3.63) is 76.7 Å². The van der Waals surface area contributed by atoms with Gasteiger partial charge in [-0.05, 0) is 35.4 Å². The second kappa shape index (κ2) is 7.19. The Hall–Kier alpha value is -2.47.